The molecule has 0 rings (SSSR count). The number of allylic oxidation sites excluding steroid dienone is 2. The molecule has 2 heteroatoms. The van der Waals surface area contributed by atoms with Crippen LogP contribution in [0, 0.1) is 0 Å². The van der Waals surface area contributed by atoms with Gasteiger partial charge in [0.15, 0.2) is 0 Å². The predicted octanol–water partition coefficient (Wildman–Crippen LogP) is 4.19. The van der Waals surface area contributed by atoms with Gasteiger partial charge in [-0.25, -0.2) is 0 Å². The van der Waals surface area contributed by atoms with Crippen LogP contribution in [0.15, 0.2) is 11.6 Å². The van der Waals surface area contributed by atoms with Gasteiger partial charge in [0.1, 0.15) is 8.14 Å². The molecule has 0 radical (unpaired) electrons. The average molecular weight is 263 g/mol. The second-order valence-electron chi connectivity index (χ2n) is 3.55. The van der Waals surface area contributed by atoms with Crippen molar-refractivity contribution in [3.8, 4) is 0 Å². The normalized spacial score (nSPS) is 11.0. The van der Waals surface area contributed by atoms with Crippen molar-refractivity contribution in [1.29, 1.82) is 0 Å². The van der Waals surface area contributed by atoms with Crippen LogP contribution >= 0.6 is 15.3 Å². The van der Waals surface area contributed by atoms with Crippen LogP contribution < -0.4 is 0 Å². The van der Waals surface area contributed by atoms with Crippen molar-refractivity contribution < 1.29 is 0 Å². The second-order valence-corrected chi connectivity index (χ2v) is 6.88. The van der Waals surface area contributed by atoms with E-state index in [-0.39, 0.29) is 8.14 Å². The zero-order chi connectivity index (χ0) is 9.94. The Kier molecular flexibility index (Phi) is 10.9. The van der Waals surface area contributed by atoms with Crippen LogP contribution in [0.25, 0.3) is 0 Å². The summed E-state index contributed by atoms with van der Waals surface area (Å²) in [5.41, 5.74) is 1.72. The predicted molar refractivity (Wildman–Crippen MR) is 69.4 cm³/mol. The molecule has 13 heavy (non-hydrogen) atoms. The summed E-state index contributed by atoms with van der Waals surface area (Å²) >= 11 is 3.61. The maximum atomic E-state index is 3.61. The summed E-state index contributed by atoms with van der Waals surface area (Å²) in [5, 5.41) is 0. The monoisotopic (exact) mass is 262 g/mol. The van der Waals surface area contributed by atoms with Gasteiger partial charge in [-0.3, -0.25) is 0 Å². The highest BCUT2D eigenvalue weighted by Gasteiger charge is 1.96. The minimum Gasteiger partial charge on any atom is -0.135 e. The smallest absolute Gasteiger partial charge is 0.102 e. The molecular formula is C11H23BrSi. The summed E-state index contributed by atoms with van der Waals surface area (Å²) in [7, 11) is 0.0608. The van der Waals surface area contributed by atoms with Crippen LogP contribution in [0.5, 0.6) is 0 Å². The molecule has 0 aromatic rings. The van der Waals surface area contributed by atoms with Gasteiger partial charge < -0.3 is 0 Å². The minimum atomic E-state index is 0.0608. The minimum absolute atomic E-state index is 0.0608. The lowest BCUT2D eigenvalue weighted by Gasteiger charge is -2.05. The fourth-order valence-electron chi connectivity index (χ4n) is 1.40. The molecule has 78 valence electrons. The first-order chi connectivity index (χ1) is 6.35. The highest BCUT2D eigenvalue weighted by molar-refractivity contribution is 9.23. The first-order valence-corrected chi connectivity index (χ1v) is 10.5. The Morgan fingerprint density at radius 2 is 1.69 bits per heavy atom. The molecule has 0 amide bonds. The Bertz CT molecular complexity index is 122. The maximum absolute atomic E-state index is 3.61. The largest absolute Gasteiger partial charge is 0.135 e. The van der Waals surface area contributed by atoms with E-state index in [9.17, 15) is 0 Å². The molecule has 0 bridgehead atoms. The van der Waals surface area contributed by atoms with Gasteiger partial charge >= 0.3 is 0 Å². The van der Waals surface area contributed by atoms with Gasteiger partial charge in [-0.1, -0.05) is 38.3 Å². The third-order valence-corrected chi connectivity index (χ3v) is 4.13. The van der Waals surface area contributed by atoms with Crippen molar-refractivity contribution in [2.75, 3.05) is 0 Å². The molecule has 0 aliphatic carbocycles. The van der Waals surface area contributed by atoms with E-state index in [2.05, 4.69) is 35.2 Å². The molecule has 0 unspecified atom stereocenters. The van der Waals surface area contributed by atoms with Crippen LogP contribution in [0.2, 0.25) is 6.04 Å². The highest BCUT2D eigenvalue weighted by atomic mass is 79.9. The van der Waals surface area contributed by atoms with E-state index in [0.717, 1.165) is 0 Å². The van der Waals surface area contributed by atoms with Crippen molar-refractivity contribution in [2.24, 2.45) is 0 Å². The van der Waals surface area contributed by atoms with Crippen molar-refractivity contribution in [1.82, 2.24) is 0 Å². The first kappa shape index (κ1) is 13.4. The summed E-state index contributed by atoms with van der Waals surface area (Å²) in [5.74, 6) is 0. The van der Waals surface area contributed by atoms with E-state index in [4.69, 9.17) is 0 Å². The molecule has 0 N–H and O–H groups in total. The SMILES string of the molecule is CCCCC(=CC[SiH2]Br)CCCC. The summed E-state index contributed by atoms with van der Waals surface area (Å²) in [4.78, 5) is 0. The third kappa shape index (κ3) is 8.76. The first-order valence-electron chi connectivity index (χ1n) is 5.59. The number of halogens is 1. The van der Waals surface area contributed by atoms with Gasteiger partial charge in [0.05, 0.1) is 0 Å². The molecule has 0 aromatic heterocycles. The number of unbranched alkanes of at least 4 members (excludes halogenated alkanes) is 2. The molecule has 0 aromatic carbocycles. The molecule has 0 atom stereocenters. The van der Waals surface area contributed by atoms with Crippen molar-refractivity contribution in [2.45, 2.75) is 58.4 Å². The molecule has 0 saturated carbocycles. The lowest BCUT2D eigenvalue weighted by molar-refractivity contribution is 0.711. The standard InChI is InChI=1S/C11H23BrSi/c1-3-5-7-11(8-6-4-2)9-10-13-12/h9H,3-8,10,13H2,1-2H3. The molecule has 0 fully saturated rings. The van der Waals surface area contributed by atoms with Gasteiger partial charge in [0.2, 0.25) is 0 Å². The van der Waals surface area contributed by atoms with E-state index in [1.54, 1.807) is 5.57 Å². The highest BCUT2D eigenvalue weighted by Crippen LogP contribution is 2.15. The Morgan fingerprint density at radius 1 is 1.15 bits per heavy atom. The van der Waals surface area contributed by atoms with E-state index in [0.29, 0.717) is 0 Å². The number of hydrogen-bond acceptors (Lipinski definition) is 0. The Labute approximate surface area is 93.6 Å². The van der Waals surface area contributed by atoms with Gasteiger partial charge in [-0.2, -0.15) is 0 Å². The lowest BCUT2D eigenvalue weighted by atomic mass is 10.0. The van der Waals surface area contributed by atoms with Crippen LogP contribution in [0.4, 0.5) is 0 Å². The molecule has 0 aliphatic rings. The summed E-state index contributed by atoms with van der Waals surface area (Å²) < 4.78 is 0. The molecule has 0 saturated heterocycles. The van der Waals surface area contributed by atoms with Crippen LogP contribution in [-0.2, 0) is 0 Å². The van der Waals surface area contributed by atoms with Gasteiger partial charge in [0.25, 0.3) is 0 Å². The number of rotatable bonds is 8. The topological polar surface area (TPSA) is 0 Å². The van der Waals surface area contributed by atoms with E-state index in [1.807, 2.05) is 0 Å². The van der Waals surface area contributed by atoms with Crippen LogP contribution in [0.3, 0.4) is 0 Å². The Hall–Kier alpha value is 0.437. The quantitative estimate of drug-likeness (QED) is 0.350. The van der Waals surface area contributed by atoms with Gasteiger partial charge in [0, 0.05) is 0 Å². The van der Waals surface area contributed by atoms with Crippen molar-refractivity contribution in [3.63, 3.8) is 0 Å². The van der Waals surface area contributed by atoms with Crippen LogP contribution in [0.1, 0.15) is 52.4 Å². The van der Waals surface area contributed by atoms with Gasteiger partial charge in [-0.15, -0.1) is 15.3 Å². The zero-order valence-electron chi connectivity index (χ0n) is 9.11. The average Bonchev–Trinajstić information content (AvgIpc) is 2.17. The Morgan fingerprint density at radius 3 is 2.08 bits per heavy atom. The number of hydrogen-bond donors (Lipinski definition) is 0. The third-order valence-electron chi connectivity index (χ3n) is 2.25. The summed E-state index contributed by atoms with van der Waals surface area (Å²) in [6.45, 7) is 4.55. The molecular weight excluding hydrogens is 240 g/mol. The van der Waals surface area contributed by atoms with Crippen LogP contribution in [-0.4, -0.2) is 8.14 Å². The molecule has 0 nitrogen and oxygen atoms in total. The zero-order valence-corrected chi connectivity index (χ0v) is 12.1. The van der Waals surface area contributed by atoms with E-state index >= 15 is 0 Å². The molecule has 0 heterocycles. The summed E-state index contributed by atoms with van der Waals surface area (Å²) in [6.07, 6.45) is 10.6. The second kappa shape index (κ2) is 10.5. The maximum Gasteiger partial charge on any atom is 0.102 e. The fourth-order valence-corrected chi connectivity index (χ4v) is 2.60. The van der Waals surface area contributed by atoms with E-state index in [1.165, 1.54) is 44.6 Å². The van der Waals surface area contributed by atoms with Crippen molar-refractivity contribution >= 4 is 23.4 Å². The lowest BCUT2D eigenvalue weighted by Crippen LogP contribution is -1.86. The Balaban J connectivity index is 3.72. The molecule has 0 spiro atoms. The molecule has 0 aliphatic heterocycles. The fraction of sp³-hybridized carbons (Fsp3) is 0.818. The van der Waals surface area contributed by atoms with Crippen molar-refractivity contribution in [3.05, 3.63) is 11.6 Å². The van der Waals surface area contributed by atoms with Gasteiger partial charge in [-0.05, 0) is 31.7 Å². The summed E-state index contributed by atoms with van der Waals surface area (Å²) in [6, 6.07) is 1.34. The van der Waals surface area contributed by atoms with E-state index < -0.39 is 0 Å².